The summed E-state index contributed by atoms with van der Waals surface area (Å²) in [5.74, 6) is -0.350. The van der Waals surface area contributed by atoms with Gasteiger partial charge in [0.05, 0.1) is 12.7 Å². The van der Waals surface area contributed by atoms with Gasteiger partial charge >= 0.3 is 5.97 Å². The van der Waals surface area contributed by atoms with Gasteiger partial charge in [0, 0.05) is 5.69 Å². The molecule has 2 aromatic rings. The van der Waals surface area contributed by atoms with Gasteiger partial charge in [-0.3, -0.25) is 4.72 Å². The Morgan fingerprint density at radius 2 is 2.05 bits per heavy atom. The number of nitrogens with zero attached hydrogens (tertiary/aromatic N) is 1. The van der Waals surface area contributed by atoms with Gasteiger partial charge in [-0.1, -0.05) is 11.2 Å². The highest BCUT2D eigenvalue weighted by Gasteiger charge is 2.24. The number of carbonyl (C=O) groups is 1. The zero-order valence-corrected chi connectivity index (χ0v) is 12.5. The van der Waals surface area contributed by atoms with Crippen LogP contribution in [0.2, 0.25) is 0 Å². The Balaban J connectivity index is 2.36. The average molecular weight is 310 g/mol. The van der Waals surface area contributed by atoms with Crippen LogP contribution in [0.1, 0.15) is 21.8 Å². The summed E-state index contributed by atoms with van der Waals surface area (Å²) in [5, 5.41) is 3.61. The van der Waals surface area contributed by atoms with E-state index in [2.05, 4.69) is 14.6 Å². The van der Waals surface area contributed by atoms with Crippen molar-refractivity contribution in [2.75, 3.05) is 11.8 Å². The molecule has 0 spiro atoms. The number of methoxy groups -OCH3 is 1. The van der Waals surface area contributed by atoms with Crippen molar-refractivity contribution in [3.05, 3.63) is 41.3 Å². The second-order valence-electron chi connectivity index (χ2n) is 4.33. The van der Waals surface area contributed by atoms with Crippen LogP contribution in [0, 0.1) is 13.8 Å². The standard InChI is InChI=1S/C13H14N2O5S/c1-8-12(9(2)20-14-8)21(17,18)15-11-6-4-5-10(7-11)13(16)19-3/h4-7,15H,1-3H3. The molecule has 21 heavy (non-hydrogen) atoms. The Labute approximate surface area is 121 Å². The fourth-order valence-electron chi connectivity index (χ4n) is 1.89. The van der Waals surface area contributed by atoms with Gasteiger partial charge in [0.2, 0.25) is 0 Å². The first kappa shape index (κ1) is 15.0. The van der Waals surface area contributed by atoms with E-state index in [4.69, 9.17) is 4.52 Å². The largest absolute Gasteiger partial charge is 0.465 e. The summed E-state index contributed by atoms with van der Waals surface area (Å²) in [6, 6.07) is 6.00. The molecule has 0 atom stereocenters. The first-order valence-electron chi connectivity index (χ1n) is 5.99. The normalized spacial score (nSPS) is 11.2. The van der Waals surface area contributed by atoms with Crippen molar-refractivity contribution in [3.8, 4) is 0 Å². The summed E-state index contributed by atoms with van der Waals surface area (Å²) in [7, 11) is -2.59. The lowest BCUT2D eigenvalue weighted by atomic mass is 10.2. The van der Waals surface area contributed by atoms with E-state index < -0.39 is 16.0 Å². The topological polar surface area (TPSA) is 98.5 Å². The van der Waals surface area contributed by atoms with E-state index in [-0.39, 0.29) is 27.6 Å². The summed E-state index contributed by atoms with van der Waals surface area (Å²) in [6.45, 7) is 3.05. The van der Waals surface area contributed by atoms with E-state index in [9.17, 15) is 13.2 Å². The maximum absolute atomic E-state index is 12.3. The summed E-state index contributed by atoms with van der Waals surface area (Å²) >= 11 is 0. The Bertz CT molecular complexity index is 760. The number of hydrogen-bond donors (Lipinski definition) is 1. The number of ether oxygens (including phenoxy) is 1. The van der Waals surface area contributed by atoms with E-state index in [1.165, 1.54) is 39.2 Å². The number of hydrogen-bond acceptors (Lipinski definition) is 6. The molecule has 0 bridgehead atoms. The van der Waals surface area contributed by atoms with Crippen LogP contribution >= 0.6 is 0 Å². The maximum atomic E-state index is 12.3. The van der Waals surface area contributed by atoms with Crippen molar-refractivity contribution in [1.29, 1.82) is 0 Å². The monoisotopic (exact) mass is 310 g/mol. The highest BCUT2D eigenvalue weighted by Crippen LogP contribution is 2.22. The molecule has 1 heterocycles. The van der Waals surface area contributed by atoms with Gasteiger partial charge in [-0.25, -0.2) is 13.2 Å². The number of aromatic nitrogens is 1. The van der Waals surface area contributed by atoms with Crippen molar-refractivity contribution in [2.24, 2.45) is 0 Å². The Morgan fingerprint density at radius 1 is 1.33 bits per heavy atom. The van der Waals surface area contributed by atoms with Crippen molar-refractivity contribution >= 4 is 21.7 Å². The first-order valence-corrected chi connectivity index (χ1v) is 7.47. The molecule has 0 amide bonds. The zero-order chi connectivity index (χ0) is 15.6. The van der Waals surface area contributed by atoms with Gasteiger partial charge < -0.3 is 9.26 Å². The van der Waals surface area contributed by atoms with Crippen LogP contribution in [0.15, 0.2) is 33.7 Å². The third-order valence-corrected chi connectivity index (χ3v) is 4.40. The third-order valence-electron chi connectivity index (χ3n) is 2.77. The molecule has 0 unspecified atom stereocenters. The van der Waals surface area contributed by atoms with Gasteiger partial charge in [0.1, 0.15) is 5.69 Å². The highest BCUT2D eigenvalue weighted by atomic mass is 32.2. The van der Waals surface area contributed by atoms with E-state index in [1.807, 2.05) is 0 Å². The van der Waals surface area contributed by atoms with Gasteiger partial charge in [-0.15, -0.1) is 0 Å². The Hall–Kier alpha value is -2.35. The molecule has 7 nitrogen and oxygen atoms in total. The maximum Gasteiger partial charge on any atom is 0.337 e. The average Bonchev–Trinajstić information content (AvgIpc) is 2.77. The van der Waals surface area contributed by atoms with Crippen molar-refractivity contribution in [3.63, 3.8) is 0 Å². The van der Waals surface area contributed by atoms with Gasteiger partial charge in [0.15, 0.2) is 10.7 Å². The molecule has 0 saturated carbocycles. The molecule has 0 fully saturated rings. The summed E-state index contributed by atoms with van der Waals surface area (Å²) < 4.78 is 36.5. The zero-order valence-electron chi connectivity index (χ0n) is 11.7. The minimum Gasteiger partial charge on any atom is -0.465 e. The second-order valence-corrected chi connectivity index (χ2v) is 5.95. The van der Waals surface area contributed by atoms with Crippen molar-refractivity contribution in [1.82, 2.24) is 5.16 Å². The molecule has 0 aliphatic carbocycles. The summed E-state index contributed by atoms with van der Waals surface area (Å²) in [4.78, 5) is 11.4. The molecule has 1 aromatic carbocycles. The van der Waals surface area contributed by atoms with E-state index in [0.717, 1.165) is 0 Å². The second kappa shape index (κ2) is 5.57. The van der Waals surface area contributed by atoms with Gasteiger partial charge in [0.25, 0.3) is 10.0 Å². The number of anilines is 1. The molecule has 1 aromatic heterocycles. The number of aryl methyl sites for hydroxylation is 2. The fraction of sp³-hybridized carbons (Fsp3) is 0.231. The van der Waals surface area contributed by atoms with Crippen LogP contribution in [0.4, 0.5) is 5.69 Å². The number of rotatable bonds is 4. The quantitative estimate of drug-likeness (QED) is 0.866. The lowest BCUT2D eigenvalue weighted by Crippen LogP contribution is -2.15. The van der Waals surface area contributed by atoms with Crippen molar-refractivity contribution in [2.45, 2.75) is 18.7 Å². The number of carbonyl (C=O) groups excluding carboxylic acids is 1. The molecule has 8 heteroatoms. The van der Waals surface area contributed by atoms with Crippen LogP contribution in [0.5, 0.6) is 0 Å². The molecular formula is C13H14N2O5S. The minimum absolute atomic E-state index is 0.00836. The molecule has 2 rings (SSSR count). The van der Waals surface area contributed by atoms with Gasteiger partial charge in [-0.05, 0) is 32.0 Å². The molecule has 1 N–H and O–H groups in total. The number of benzene rings is 1. The lowest BCUT2D eigenvalue weighted by molar-refractivity contribution is 0.0601. The smallest absolute Gasteiger partial charge is 0.337 e. The van der Waals surface area contributed by atoms with Crippen LogP contribution < -0.4 is 4.72 Å². The predicted octanol–water partition coefficient (Wildman–Crippen LogP) is 1.88. The van der Waals surface area contributed by atoms with Crippen LogP contribution in [-0.2, 0) is 14.8 Å². The van der Waals surface area contributed by atoms with E-state index >= 15 is 0 Å². The lowest BCUT2D eigenvalue weighted by Gasteiger charge is -2.08. The van der Waals surface area contributed by atoms with Crippen LogP contribution in [0.25, 0.3) is 0 Å². The fourth-order valence-corrected chi connectivity index (χ4v) is 3.27. The number of esters is 1. The molecule has 0 aliphatic rings. The van der Waals surface area contributed by atoms with Crippen LogP contribution in [0.3, 0.4) is 0 Å². The molecule has 0 aliphatic heterocycles. The SMILES string of the molecule is COC(=O)c1cccc(NS(=O)(=O)c2c(C)noc2C)c1. The molecule has 0 saturated heterocycles. The first-order chi connectivity index (χ1) is 9.85. The molecule has 112 valence electrons. The van der Waals surface area contributed by atoms with E-state index in [1.54, 1.807) is 6.07 Å². The number of nitrogens with one attached hydrogen (secondary N) is 1. The third kappa shape index (κ3) is 3.05. The summed E-state index contributed by atoms with van der Waals surface area (Å²) in [6.07, 6.45) is 0. The van der Waals surface area contributed by atoms with Crippen LogP contribution in [-0.4, -0.2) is 26.7 Å². The van der Waals surface area contributed by atoms with E-state index in [0.29, 0.717) is 0 Å². The summed E-state index contributed by atoms with van der Waals surface area (Å²) in [5.41, 5.74) is 0.762. The molecular weight excluding hydrogens is 296 g/mol. The van der Waals surface area contributed by atoms with Gasteiger partial charge in [-0.2, -0.15) is 0 Å². The molecule has 0 radical (unpaired) electrons. The highest BCUT2D eigenvalue weighted by molar-refractivity contribution is 7.92. The predicted molar refractivity (Wildman–Crippen MR) is 74.6 cm³/mol. The number of sulfonamides is 1. The minimum atomic E-state index is -3.84. The Kier molecular flexibility index (Phi) is 3.99. The van der Waals surface area contributed by atoms with Crippen molar-refractivity contribution < 1.29 is 22.5 Å². The Morgan fingerprint density at radius 3 is 2.62 bits per heavy atom.